The Morgan fingerprint density at radius 2 is 1.75 bits per heavy atom. The minimum Gasteiger partial charge on any atom is -0.327 e. The minimum atomic E-state index is 0.538. The topological polar surface area (TPSA) is 29.3 Å². The molecule has 4 rings (SSSR count). The van der Waals surface area contributed by atoms with Crippen molar-refractivity contribution in [1.82, 2.24) is 4.90 Å². The molecule has 68 valence electrons. The highest BCUT2D eigenvalue weighted by Crippen LogP contribution is 2.41. The van der Waals surface area contributed by atoms with Gasteiger partial charge in [-0.25, -0.2) is 0 Å². The Labute approximate surface area is 74.1 Å². The van der Waals surface area contributed by atoms with Gasteiger partial charge >= 0.3 is 0 Å². The molecule has 0 aromatic carbocycles. The van der Waals surface area contributed by atoms with Crippen LogP contribution in [0.1, 0.15) is 19.3 Å². The second kappa shape index (κ2) is 2.46. The average Bonchev–Trinajstić information content (AvgIpc) is 2.27. The molecule has 3 saturated heterocycles. The predicted molar refractivity (Wildman–Crippen MR) is 48.7 cm³/mol. The molecule has 3 heterocycles. The van der Waals surface area contributed by atoms with Crippen molar-refractivity contribution < 1.29 is 0 Å². The summed E-state index contributed by atoms with van der Waals surface area (Å²) in [7, 11) is 0. The molecule has 4 fully saturated rings. The quantitative estimate of drug-likeness (QED) is 0.573. The van der Waals surface area contributed by atoms with Gasteiger partial charge in [0.25, 0.3) is 0 Å². The summed E-state index contributed by atoms with van der Waals surface area (Å²) in [6.45, 7) is 3.95. The highest BCUT2D eigenvalue weighted by atomic mass is 15.2. The van der Waals surface area contributed by atoms with Crippen molar-refractivity contribution in [3.05, 3.63) is 0 Å². The molecule has 2 unspecified atom stereocenters. The van der Waals surface area contributed by atoms with E-state index < -0.39 is 0 Å². The zero-order valence-corrected chi connectivity index (χ0v) is 7.58. The van der Waals surface area contributed by atoms with Gasteiger partial charge in [0.2, 0.25) is 0 Å². The van der Waals surface area contributed by atoms with E-state index in [9.17, 15) is 0 Å². The van der Waals surface area contributed by atoms with Crippen LogP contribution >= 0.6 is 0 Å². The first-order valence-corrected chi connectivity index (χ1v) is 5.31. The molecule has 0 radical (unpaired) electrons. The van der Waals surface area contributed by atoms with Gasteiger partial charge < -0.3 is 10.6 Å². The predicted octanol–water partition coefficient (Wildman–Crippen LogP) is 0.675. The zero-order chi connectivity index (χ0) is 8.13. The second-order valence-corrected chi connectivity index (χ2v) is 4.98. The summed E-state index contributed by atoms with van der Waals surface area (Å²) in [5.74, 6) is 2.70. The van der Waals surface area contributed by atoms with Crippen LogP contribution in [0, 0.1) is 17.8 Å². The van der Waals surface area contributed by atoms with Gasteiger partial charge in [-0.15, -0.1) is 0 Å². The monoisotopic (exact) mass is 166 g/mol. The Morgan fingerprint density at radius 3 is 2.42 bits per heavy atom. The van der Waals surface area contributed by atoms with Crippen molar-refractivity contribution in [3.8, 4) is 0 Å². The normalized spacial score (nSPS) is 57.2. The Kier molecular flexibility index (Phi) is 1.50. The lowest BCUT2D eigenvalue weighted by Gasteiger charge is -2.44. The Morgan fingerprint density at radius 1 is 1.08 bits per heavy atom. The van der Waals surface area contributed by atoms with Crippen molar-refractivity contribution in [2.45, 2.75) is 25.3 Å². The van der Waals surface area contributed by atoms with Crippen LogP contribution in [0.3, 0.4) is 0 Å². The molecule has 1 aliphatic carbocycles. The third-order valence-electron chi connectivity index (χ3n) is 4.20. The van der Waals surface area contributed by atoms with Crippen LogP contribution in [0.15, 0.2) is 0 Å². The van der Waals surface area contributed by atoms with Crippen LogP contribution in [0.5, 0.6) is 0 Å². The van der Waals surface area contributed by atoms with Gasteiger partial charge in [-0.2, -0.15) is 0 Å². The maximum absolute atomic E-state index is 6.21. The van der Waals surface area contributed by atoms with Crippen LogP contribution in [0.25, 0.3) is 0 Å². The van der Waals surface area contributed by atoms with E-state index in [4.69, 9.17) is 5.73 Å². The van der Waals surface area contributed by atoms with Crippen molar-refractivity contribution in [2.24, 2.45) is 23.5 Å². The minimum absolute atomic E-state index is 0.538. The zero-order valence-electron chi connectivity index (χ0n) is 7.58. The first-order valence-electron chi connectivity index (χ1n) is 5.31. The van der Waals surface area contributed by atoms with Gasteiger partial charge in [0.15, 0.2) is 0 Å². The molecule has 2 nitrogen and oxygen atoms in total. The standard InChI is InChI=1S/C10H18N2/c11-10-8-3-7-1-2-12(5-8)6-9(10)4-7/h7-10H,1-6,11H2. The molecular formula is C10H18N2. The molecule has 0 amide bonds. The summed E-state index contributed by atoms with van der Waals surface area (Å²) in [5.41, 5.74) is 6.21. The number of nitrogens with zero attached hydrogens (tertiary/aromatic N) is 1. The first kappa shape index (κ1) is 7.34. The lowest BCUT2D eigenvalue weighted by Crippen LogP contribution is -2.54. The highest BCUT2D eigenvalue weighted by molar-refractivity contribution is 4.98. The molecule has 4 aliphatic rings. The third kappa shape index (κ3) is 0.944. The lowest BCUT2D eigenvalue weighted by atomic mass is 9.70. The van der Waals surface area contributed by atoms with Crippen LogP contribution in [-0.4, -0.2) is 30.6 Å². The van der Waals surface area contributed by atoms with Crippen molar-refractivity contribution in [2.75, 3.05) is 19.6 Å². The van der Waals surface area contributed by atoms with E-state index in [0.717, 1.165) is 17.8 Å². The maximum atomic E-state index is 6.21. The van der Waals surface area contributed by atoms with Crippen LogP contribution in [0.4, 0.5) is 0 Å². The number of hydrogen-bond acceptors (Lipinski definition) is 2. The van der Waals surface area contributed by atoms with Crippen LogP contribution in [0.2, 0.25) is 0 Å². The summed E-state index contributed by atoms with van der Waals surface area (Å²) in [5, 5.41) is 0. The molecule has 0 aromatic rings. The molecule has 2 heteroatoms. The van der Waals surface area contributed by atoms with Crippen molar-refractivity contribution in [3.63, 3.8) is 0 Å². The smallest absolute Gasteiger partial charge is 0.0120 e. The van der Waals surface area contributed by atoms with Crippen molar-refractivity contribution in [1.29, 1.82) is 0 Å². The van der Waals surface area contributed by atoms with Crippen LogP contribution < -0.4 is 5.73 Å². The van der Waals surface area contributed by atoms with Gasteiger partial charge in [-0.3, -0.25) is 0 Å². The Hall–Kier alpha value is -0.0800. The second-order valence-electron chi connectivity index (χ2n) is 4.98. The summed E-state index contributed by atoms with van der Waals surface area (Å²) in [4.78, 5) is 2.64. The molecular weight excluding hydrogens is 148 g/mol. The van der Waals surface area contributed by atoms with Crippen molar-refractivity contribution >= 4 is 0 Å². The Balaban J connectivity index is 1.91. The van der Waals surface area contributed by atoms with Gasteiger partial charge in [-0.1, -0.05) is 0 Å². The van der Waals surface area contributed by atoms with E-state index in [0.29, 0.717) is 6.04 Å². The third-order valence-corrected chi connectivity index (χ3v) is 4.20. The number of fused-ring (bicyclic) bond motifs is 1. The highest BCUT2D eigenvalue weighted by Gasteiger charge is 2.43. The summed E-state index contributed by atoms with van der Waals surface area (Å²) >= 11 is 0. The fraction of sp³-hybridized carbons (Fsp3) is 1.00. The largest absolute Gasteiger partial charge is 0.327 e. The molecule has 12 heavy (non-hydrogen) atoms. The van der Waals surface area contributed by atoms with E-state index >= 15 is 0 Å². The van der Waals surface area contributed by atoms with E-state index in [1.54, 1.807) is 0 Å². The SMILES string of the molecule is NC1C2CC3CCN(C2)CC1C3. The van der Waals surface area contributed by atoms with E-state index in [1.165, 1.54) is 38.9 Å². The molecule has 0 spiro atoms. The number of rotatable bonds is 0. The van der Waals surface area contributed by atoms with Gasteiger partial charge in [0.05, 0.1) is 0 Å². The van der Waals surface area contributed by atoms with Gasteiger partial charge in [-0.05, 0) is 43.6 Å². The molecule has 3 aliphatic heterocycles. The Bertz CT molecular complexity index is 160. The number of piperidine rings is 1. The average molecular weight is 166 g/mol. The summed E-state index contributed by atoms with van der Waals surface area (Å²) in [6, 6.07) is 0.538. The fourth-order valence-corrected chi connectivity index (χ4v) is 3.57. The summed E-state index contributed by atoms with van der Waals surface area (Å²) in [6.07, 6.45) is 4.29. The maximum Gasteiger partial charge on any atom is 0.0120 e. The van der Waals surface area contributed by atoms with E-state index in [-0.39, 0.29) is 0 Å². The molecule has 1 saturated carbocycles. The first-order chi connectivity index (χ1) is 5.83. The van der Waals surface area contributed by atoms with E-state index in [1.807, 2.05) is 0 Å². The lowest BCUT2D eigenvalue weighted by molar-refractivity contribution is 0.0776. The fourth-order valence-electron chi connectivity index (χ4n) is 3.57. The van der Waals surface area contributed by atoms with Crippen LogP contribution in [-0.2, 0) is 0 Å². The van der Waals surface area contributed by atoms with E-state index in [2.05, 4.69) is 4.90 Å². The molecule has 4 bridgehead atoms. The molecule has 2 N–H and O–H groups in total. The van der Waals surface area contributed by atoms with Gasteiger partial charge in [0.1, 0.15) is 0 Å². The number of nitrogens with two attached hydrogens (primary N) is 1. The molecule has 0 aromatic heterocycles. The van der Waals surface area contributed by atoms with Gasteiger partial charge in [0, 0.05) is 19.1 Å². The number of hydrogen-bond donors (Lipinski definition) is 1. The molecule has 2 atom stereocenters. The summed E-state index contributed by atoms with van der Waals surface area (Å²) < 4.78 is 0.